The van der Waals surface area contributed by atoms with Crippen molar-refractivity contribution in [3.63, 3.8) is 0 Å². The molecule has 0 radical (unpaired) electrons. The lowest BCUT2D eigenvalue weighted by molar-refractivity contribution is -0.113. The lowest BCUT2D eigenvalue weighted by Gasteiger charge is -2.16. The Bertz CT molecular complexity index is 378. The molecule has 0 saturated carbocycles. The number of aryl methyl sites for hydroxylation is 1. The van der Waals surface area contributed by atoms with E-state index in [9.17, 15) is 9.18 Å². The van der Waals surface area contributed by atoms with Crippen LogP contribution in [0, 0.1) is 12.7 Å². The van der Waals surface area contributed by atoms with Crippen molar-refractivity contribution in [2.75, 3.05) is 11.1 Å². The first-order chi connectivity index (χ1) is 6.16. The highest BCUT2D eigenvalue weighted by Crippen LogP contribution is 2.32. The maximum absolute atomic E-state index is 13.1. The smallest absolute Gasteiger partial charge is 0.234 e. The SMILES string of the molecule is Cc1cc2c(cc1F)SCC(=O)N2. The number of carbonyl (C=O) groups excluding carboxylic acids is 1. The minimum Gasteiger partial charge on any atom is -0.324 e. The van der Waals surface area contributed by atoms with E-state index in [-0.39, 0.29) is 11.7 Å². The van der Waals surface area contributed by atoms with Crippen LogP contribution in [0.25, 0.3) is 0 Å². The molecule has 13 heavy (non-hydrogen) atoms. The predicted molar refractivity (Wildman–Crippen MR) is 50.5 cm³/mol. The van der Waals surface area contributed by atoms with Gasteiger partial charge in [-0.2, -0.15) is 0 Å². The van der Waals surface area contributed by atoms with Crippen molar-refractivity contribution in [3.05, 3.63) is 23.5 Å². The molecule has 2 nitrogen and oxygen atoms in total. The van der Waals surface area contributed by atoms with Crippen LogP contribution < -0.4 is 5.32 Å². The Hall–Kier alpha value is -1.03. The average Bonchev–Trinajstić information content (AvgIpc) is 2.08. The molecule has 2 rings (SSSR count). The number of fused-ring (bicyclic) bond motifs is 1. The minimum absolute atomic E-state index is 0.0245. The normalized spacial score (nSPS) is 15.1. The van der Waals surface area contributed by atoms with E-state index < -0.39 is 0 Å². The summed E-state index contributed by atoms with van der Waals surface area (Å²) in [6.07, 6.45) is 0. The first-order valence-corrected chi connectivity index (χ1v) is 4.88. The predicted octanol–water partition coefficient (Wildman–Crippen LogP) is 2.18. The summed E-state index contributed by atoms with van der Waals surface area (Å²) in [5, 5.41) is 2.70. The molecule has 68 valence electrons. The van der Waals surface area contributed by atoms with Gasteiger partial charge in [-0.1, -0.05) is 0 Å². The largest absolute Gasteiger partial charge is 0.324 e. The van der Waals surface area contributed by atoms with E-state index in [0.717, 1.165) is 10.6 Å². The Morgan fingerprint density at radius 2 is 2.31 bits per heavy atom. The van der Waals surface area contributed by atoms with Crippen molar-refractivity contribution in [3.8, 4) is 0 Å². The topological polar surface area (TPSA) is 29.1 Å². The molecule has 4 heteroatoms. The molecule has 1 heterocycles. The van der Waals surface area contributed by atoms with Crippen LogP contribution in [0.5, 0.6) is 0 Å². The van der Waals surface area contributed by atoms with Crippen LogP contribution in [0.3, 0.4) is 0 Å². The standard InChI is InChI=1S/C9H8FNOS/c1-5-2-7-8(3-6(5)10)13-4-9(12)11-7/h2-3H,4H2,1H3,(H,11,12). The summed E-state index contributed by atoms with van der Waals surface area (Å²) >= 11 is 1.37. The van der Waals surface area contributed by atoms with Gasteiger partial charge in [-0.3, -0.25) is 4.79 Å². The lowest BCUT2D eigenvalue weighted by Crippen LogP contribution is -2.18. The molecule has 0 unspecified atom stereocenters. The van der Waals surface area contributed by atoms with Gasteiger partial charge >= 0.3 is 0 Å². The number of halogens is 1. The maximum atomic E-state index is 13.1. The quantitative estimate of drug-likeness (QED) is 0.690. The van der Waals surface area contributed by atoms with E-state index in [0.29, 0.717) is 11.3 Å². The van der Waals surface area contributed by atoms with Crippen molar-refractivity contribution in [1.29, 1.82) is 0 Å². The molecular formula is C9H8FNOS. The van der Waals surface area contributed by atoms with Crippen molar-refractivity contribution in [2.24, 2.45) is 0 Å². The summed E-state index contributed by atoms with van der Waals surface area (Å²) in [6, 6.07) is 3.13. The lowest BCUT2D eigenvalue weighted by atomic mass is 10.2. The van der Waals surface area contributed by atoms with Crippen LogP contribution in [-0.4, -0.2) is 11.7 Å². The fraction of sp³-hybridized carbons (Fsp3) is 0.222. The number of anilines is 1. The third-order valence-electron chi connectivity index (χ3n) is 1.89. The minimum atomic E-state index is -0.220. The molecule has 0 aromatic heterocycles. The van der Waals surface area contributed by atoms with E-state index in [1.807, 2.05) is 0 Å². The van der Waals surface area contributed by atoms with E-state index in [1.54, 1.807) is 13.0 Å². The van der Waals surface area contributed by atoms with Gasteiger partial charge in [0, 0.05) is 4.90 Å². The van der Waals surface area contributed by atoms with Gasteiger partial charge in [0.2, 0.25) is 5.91 Å². The average molecular weight is 197 g/mol. The molecule has 0 bridgehead atoms. The van der Waals surface area contributed by atoms with Crippen LogP contribution in [-0.2, 0) is 4.79 Å². The monoisotopic (exact) mass is 197 g/mol. The fourth-order valence-electron chi connectivity index (χ4n) is 1.21. The molecule has 1 amide bonds. The van der Waals surface area contributed by atoms with Crippen molar-refractivity contribution in [1.82, 2.24) is 0 Å². The van der Waals surface area contributed by atoms with Gasteiger partial charge in [0.1, 0.15) is 5.82 Å². The van der Waals surface area contributed by atoms with Crippen molar-refractivity contribution in [2.45, 2.75) is 11.8 Å². The van der Waals surface area contributed by atoms with Gasteiger partial charge in [-0.25, -0.2) is 4.39 Å². The Balaban J connectivity index is 2.49. The Morgan fingerprint density at radius 1 is 1.54 bits per heavy atom. The molecule has 1 aliphatic heterocycles. The second-order valence-electron chi connectivity index (χ2n) is 2.93. The number of benzene rings is 1. The van der Waals surface area contributed by atoms with Gasteiger partial charge in [-0.15, -0.1) is 11.8 Å². The molecule has 0 fully saturated rings. The van der Waals surface area contributed by atoms with Crippen molar-refractivity contribution < 1.29 is 9.18 Å². The Labute approximate surface area is 79.5 Å². The third kappa shape index (κ3) is 1.54. The number of thioether (sulfide) groups is 1. The molecule has 1 aromatic rings. The highest BCUT2D eigenvalue weighted by Gasteiger charge is 2.16. The van der Waals surface area contributed by atoms with Gasteiger partial charge in [0.15, 0.2) is 0 Å². The summed E-state index contributed by atoms with van der Waals surface area (Å²) < 4.78 is 13.1. The zero-order valence-corrected chi connectivity index (χ0v) is 7.87. The number of carbonyl (C=O) groups is 1. The van der Waals surface area contributed by atoms with Crippen LogP contribution in [0.1, 0.15) is 5.56 Å². The van der Waals surface area contributed by atoms with E-state index in [4.69, 9.17) is 0 Å². The Morgan fingerprint density at radius 3 is 3.08 bits per heavy atom. The van der Waals surface area contributed by atoms with Crippen molar-refractivity contribution >= 4 is 23.4 Å². The molecule has 1 N–H and O–H groups in total. The number of hydrogen-bond donors (Lipinski definition) is 1. The van der Waals surface area contributed by atoms with Gasteiger partial charge in [-0.05, 0) is 24.6 Å². The number of hydrogen-bond acceptors (Lipinski definition) is 2. The van der Waals surface area contributed by atoms with E-state index in [1.165, 1.54) is 17.8 Å². The molecule has 1 aliphatic rings. The van der Waals surface area contributed by atoms with Crippen LogP contribution in [0.15, 0.2) is 17.0 Å². The summed E-state index contributed by atoms with van der Waals surface area (Å²) in [7, 11) is 0. The highest BCUT2D eigenvalue weighted by molar-refractivity contribution is 8.00. The molecule has 1 aromatic carbocycles. The van der Waals surface area contributed by atoms with Crippen LogP contribution in [0.2, 0.25) is 0 Å². The molecule has 0 saturated heterocycles. The number of nitrogens with one attached hydrogen (secondary N) is 1. The van der Waals surface area contributed by atoms with Gasteiger partial charge in [0.25, 0.3) is 0 Å². The van der Waals surface area contributed by atoms with E-state index in [2.05, 4.69) is 5.32 Å². The molecule has 0 aliphatic carbocycles. The third-order valence-corrected chi connectivity index (χ3v) is 2.95. The summed E-state index contributed by atoms with van der Waals surface area (Å²) in [5.74, 6) is 0.126. The second kappa shape index (κ2) is 3.03. The highest BCUT2D eigenvalue weighted by atomic mass is 32.2. The van der Waals surface area contributed by atoms with Crippen LogP contribution >= 0.6 is 11.8 Å². The summed E-state index contributed by atoms with van der Waals surface area (Å²) in [4.78, 5) is 11.8. The number of rotatable bonds is 0. The van der Waals surface area contributed by atoms with Crippen LogP contribution in [0.4, 0.5) is 10.1 Å². The molecule has 0 atom stereocenters. The first-order valence-electron chi connectivity index (χ1n) is 3.89. The summed E-state index contributed by atoms with van der Waals surface area (Å²) in [5.41, 5.74) is 1.28. The molecule has 0 spiro atoms. The van der Waals surface area contributed by atoms with Gasteiger partial charge < -0.3 is 5.32 Å². The van der Waals surface area contributed by atoms with E-state index >= 15 is 0 Å². The maximum Gasteiger partial charge on any atom is 0.234 e. The second-order valence-corrected chi connectivity index (χ2v) is 3.95. The molecular weight excluding hydrogens is 189 g/mol. The Kier molecular flexibility index (Phi) is 2.00. The fourth-order valence-corrected chi connectivity index (χ4v) is 2.02. The first kappa shape index (κ1) is 8.56. The number of amides is 1. The zero-order chi connectivity index (χ0) is 9.42. The zero-order valence-electron chi connectivity index (χ0n) is 7.06. The van der Waals surface area contributed by atoms with Gasteiger partial charge in [0.05, 0.1) is 11.4 Å². The summed E-state index contributed by atoms with van der Waals surface area (Å²) in [6.45, 7) is 1.68.